The number of rotatable bonds is 4. The molecule has 1 aromatic heterocycles. The van der Waals surface area contributed by atoms with Crippen molar-refractivity contribution in [2.75, 3.05) is 12.4 Å². The van der Waals surface area contributed by atoms with E-state index in [4.69, 9.17) is 4.74 Å². The van der Waals surface area contributed by atoms with E-state index in [2.05, 4.69) is 15.5 Å². The fourth-order valence-electron chi connectivity index (χ4n) is 2.73. The highest BCUT2D eigenvalue weighted by atomic mass is 32.1. The van der Waals surface area contributed by atoms with E-state index in [0.29, 0.717) is 22.4 Å². The fourth-order valence-corrected chi connectivity index (χ4v) is 3.64. The van der Waals surface area contributed by atoms with E-state index in [1.165, 1.54) is 43.4 Å². The maximum absolute atomic E-state index is 12.2. The zero-order chi connectivity index (χ0) is 15.4. The summed E-state index contributed by atoms with van der Waals surface area (Å²) >= 11 is 1.49. The van der Waals surface area contributed by atoms with Gasteiger partial charge in [-0.05, 0) is 31.0 Å². The van der Waals surface area contributed by atoms with Crippen LogP contribution in [0, 0.1) is 0 Å². The highest BCUT2D eigenvalue weighted by Gasteiger charge is 2.20. The molecule has 0 saturated heterocycles. The van der Waals surface area contributed by atoms with E-state index in [1.807, 2.05) is 6.07 Å². The van der Waals surface area contributed by atoms with Crippen molar-refractivity contribution >= 4 is 22.4 Å². The van der Waals surface area contributed by atoms with Gasteiger partial charge in [-0.1, -0.05) is 36.7 Å². The summed E-state index contributed by atoms with van der Waals surface area (Å²) in [4.78, 5) is 12.2. The standard InChI is InChI=1S/C16H19N3O2S/c1-21-13-9-5-8-12(10-13)14(20)17-16-19-18-15(22-16)11-6-3-2-4-7-11/h5,8-11H,2-4,6-7H2,1H3,(H,17,19,20). The van der Waals surface area contributed by atoms with E-state index in [9.17, 15) is 4.79 Å². The second-order valence-corrected chi connectivity index (χ2v) is 6.48. The van der Waals surface area contributed by atoms with Gasteiger partial charge in [0, 0.05) is 11.5 Å². The van der Waals surface area contributed by atoms with Crippen LogP contribution in [0.5, 0.6) is 5.75 Å². The summed E-state index contributed by atoms with van der Waals surface area (Å²) < 4.78 is 5.13. The summed E-state index contributed by atoms with van der Waals surface area (Å²) in [5, 5.41) is 12.8. The molecule has 2 aromatic rings. The molecule has 22 heavy (non-hydrogen) atoms. The number of benzene rings is 1. The van der Waals surface area contributed by atoms with Crippen LogP contribution in [0.4, 0.5) is 5.13 Å². The summed E-state index contributed by atoms with van der Waals surface area (Å²) in [6.45, 7) is 0. The van der Waals surface area contributed by atoms with Crippen molar-refractivity contribution in [1.82, 2.24) is 10.2 Å². The first kappa shape index (κ1) is 15.0. The lowest BCUT2D eigenvalue weighted by atomic mass is 9.90. The molecular weight excluding hydrogens is 298 g/mol. The van der Waals surface area contributed by atoms with Crippen LogP contribution < -0.4 is 10.1 Å². The molecule has 0 bridgehead atoms. The van der Waals surface area contributed by atoms with Gasteiger partial charge in [-0.2, -0.15) is 0 Å². The Bertz CT molecular complexity index is 650. The van der Waals surface area contributed by atoms with Gasteiger partial charge in [0.2, 0.25) is 5.13 Å². The number of anilines is 1. The molecule has 1 aliphatic rings. The average Bonchev–Trinajstić information content (AvgIpc) is 3.04. The molecule has 0 radical (unpaired) electrons. The fraction of sp³-hybridized carbons (Fsp3) is 0.438. The molecule has 1 amide bonds. The van der Waals surface area contributed by atoms with Crippen LogP contribution in [0.15, 0.2) is 24.3 Å². The normalized spacial score (nSPS) is 15.5. The Morgan fingerprint density at radius 1 is 1.27 bits per heavy atom. The van der Waals surface area contributed by atoms with Crippen LogP contribution in [0.3, 0.4) is 0 Å². The molecule has 116 valence electrons. The predicted molar refractivity (Wildman–Crippen MR) is 86.7 cm³/mol. The molecule has 1 N–H and O–H groups in total. The second-order valence-electron chi connectivity index (χ2n) is 5.47. The molecule has 0 atom stereocenters. The number of nitrogens with one attached hydrogen (secondary N) is 1. The van der Waals surface area contributed by atoms with Gasteiger partial charge in [0.15, 0.2) is 0 Å². The van der Waals surface area contributed by atoms with Crippen molar-refractivity contribution in [3.63, 3.8) is 0 Å². The number of aromatic nitrogens is 2. The van der Waals surface area contributed by atoms with E-state index in [1.54, 1.807) is 25.3 Å². The number of nitrogens with zero attached hydrogens (tertiary/aromatic N) is 2. The summed E-state index contributed by atoms with van der Waals surface area (Å²) in [5.41, 5.74) is 0.550. The molecule has 1 saturated carbocycles. The molecule has 3 rings (SSSR count). The molecule has 6 heteroatoms. The minimum Gasteiger partial charge on any atom is -0.497 e. The minimum atomic E-state index is -0.190. The third-order valence-corrected chi connectivity index (χ3v) is 4.95. The van der Waals surface area contributed by atoms with Gasteiger partial charge in [0.05, 0.1) is 7.11 Å². The summed E-state index contributed by atoms with van der Waals surface area (Å²) in [6.07, 6.45) is 6.19. The molecule has 1 heterocycles. The second kappa shape index (κ2) is 6.87. The van der Waals surface area contributed by atoms with Crippen LogP contribution in [-0.2, 0) is 0 Å². The van der Waals surface area contributed by atoms with E-state index < -0.39 is 0 Å². The lowest BCUT2D eigenvalue weighted by Crippen LogP contribution is -2.11. The summed E-state index contributed by atoms with van der Waals surface area (Å²) in [5.74, 6) is 0.978. The number of hydrogen-bond acceptors (Lipinski definition) is 5. The van der Waals surface area contributed by atoms with Crippen LogP contribution in [-0.4, -0.2) is 23.2 Å². The number of carbonyl (C=O) groups is 1. The predicted octanol–water partition coefficient (Wildman–Crippen LogP) is 3.85. The molecular formula is C16H19N3O2S. The molecule has 0 aliphatic heterocycles. The van der Waals surface area contributed by atoms with Gasteiger partial charge in [-0.3, -0.25) is 10.1 Å². The van der Waals surface area contributed by atoms with E-state index in [0.717, 1.165) is 5.01 Å². The third kappa shape index (κ3) is 3.44. The van der Waals surface area contributed by atoms with E-state index >= 15 is 0 Å². The number of carbonyl (C=O) groups excluding carboxylic acids is 1. The zero-order valence-electron chi connectivity index (χ0n) is 12.5. The molecule has 0 unspecified atom stereocenters. The van der Waals surface area contributed by atoms with Crippen molar-refractivity contribution in [3.05, 3.63) is 34.8 Å². The first-order chi connectivity index (χ1) is 10.8. The van der Waals surface area contributed by atoms with Gasteiger partial charge in [0.25, 0.3) is 5.91 Å². The maximum atomic E-state index is 12.2. The van der Waals surface area contributed by atoms with Gasteiger partial charge in [0.1, 0.15) is 10.8 Å². The van der Waals surface area contributed by atoms with Crippen LogP contribution in [0.25, 0.3) is 0 Å². The summed E-state index contributed by atoms with van der Waals surface area (Å²) in [6, 6.07) is 7.06. The molecule has 5 nitrogen and oxygen atoms in total. The van der Waals surface area contributed by atoms with Crippen LogP contribution in [0.1, 0.15) is 53.4 Å². The Labute approximate surface area is 133 Å². The summed E-state index contributed by atoms with van der Waals surface area (Å²) in [7, 11) is 1.58. The number of methoxy groups -OCH3 is 1. The minimum absolute atomic E-state index is 0.190. The Balaban J connectivity index is 1.67. The highest BCUT2D eigenvalue weighted by Crippen LogP contribution is 2.35. The molecule has 1 aromatic carbocycles. The van der Waals surface area contributed by atoms with Crippen molar-refractivity contribution in [1.29, 1.82) is 0 Å². The highest BCUT2D eigenvalue weighted by molar-refractivity contribution is 7.15. The van der Waals surface area contributed by atoms with Crippen molar-refractivity contribution in [3.8, 4) is 5.75 Å². The van der Waals surface area contributed by atoms with Crippen LogP contribution in [0.2, 0.25) is 0 Å². The number of amides is 1. The van der Waals surface area contributed by atoms with Crippen molar-refractivity contribution < 1.29 is 9.53 Å². The van der Waals surface area contributed by atoms with Gasteiger partial charge in [-0.25, -0.2) is 0 Å². The SMILES string of the molecule is COc1cccc(C(=O)Nc2nnc(C3CCCCC3)s2)c1. The van der Waals surface area contributed by atoms with Gasteiger partial charge < -0.3 is 4.74 Å². The third-order valence-electron chi connectivity index (χ3n) is 3.95. The van der Waals surface area contributed by atoms with Crippen molar-refractivity contribution in [2.24, 2.45) is 0 Å². The first-order valence-electron chi connectivity index (χ1n) is 7.55. The van der Waals surface area contributed by atoms with Crippen LogP contribution >= 0.6 is 11.3 Å². The van der Waals surface area contributed by atoms with E-state index in [-0.39, 0.29) is 5.91 Å². The maximum Gasteiger partial charge on any atom is 0.257 e. The largest absolute Gasteiger partial charge is 0.497 e. The molecule has 0 spiro atoms. The molecule has 1 aliphatic carbocycles. The van der Waals surface area contributed by atoms with Crippen molar-refractivity contribution in [2.45, 2.75) is 38.0 Å². The first-order valence-corrected chi connectivity index (χ1v) is 8.36. The Morgan fingerprint density at radius 3 is 2.86 bits per heavy atom. The Morgan fingerprint density at radius 2 is 2.09 bits per heavy atom. The quantitative estimate of drug-likeness (QED) is 0.930. The number of ether oxygens (including phenoxy) is 1. The average molecular weight is 317 g/mol. The lowest BCUT2D eigenvalue weighted by molar-refractivity contribution is 0.102. The monoisotopic (exact) mass is 317 g/mol. The molecule has 1 fully saturated rings. The topological polar surface area (TPSA) is 64.1 Å². The zero-order valence-corrected chi connectivity index (χ0v) is 13.4. The number of hydrogen-bond donors (Lipinski definition) is 1. The lowest BCUT2D eigenvalue weighted by Gasteiger charge is -2.18. The Kier molecular flexibility index (Phi) is 4.68. The van der Waals surface area contributed by atoms with Gasteiger partial charge in [-0.15, -0.1) is 10.2 Å². The Hall–Kier alpha value is -1.95. The smallest absolute Gasteiger partial charge is 0.257 e. The van der Waals surface area contributed by atoms with Gasteiger partial charge >= 0.3 is 0 Å².